The van der Waals surface area contributed by atoms with Crippen molar-refractivity contribution in [2.24, 2.45) is 7.05 Å². The van der Waals surface area contributed by atoms with Crippen molar-refractivity contribution >= 4 is 23.9 Å². The lowest BCUT2D eigenvalue weighted by Gasteiger charge is -2.53. The number of hydrogen-bond donors (Lipinski definition) is 1. The van der Waals surface area contributed by atoms with Crippen LogP contribution in [0.15, 0.2) is 12.3 Å². The first-order valence-electron chi connectivity index (χ1n) is 12.7. The molecule has 2 atom stereocenters. The zero-order chi connectivity index (χ0) is 25.6. The number of hydrogen-bond acceptors (Lipinski definition) is 7. The lowest BCUT2D eigenvalue weighted by Crippen LogP contribution is -2.68. The van der Waals surface area contributed by atoms with Crippen LogP contribution in [0.3, 0.4) is 0 Å². The minimum Gasteiger partial charge on any atom is -0.364 e. The molecule has 202 valence electrons. The number of nitriles is 1. The topological polar surface area (TPSA) is 76.2 Å². The number of nitrogens with one attached hydrogen (secondary N) is 1. The molecule has 0 bridgehead atoms. The Labute approximate surface area is 221 Å². The smallest absolute Gasteiger partial charge is 0.364 e. The molecule has 12 heteroatoms. The number of aromatic nitrogens is 3. The van der Waals surface area contributed by atoms with E-state index in [0.717, 1.165) is 44.6 Å². The predicted octanol–water partition coefficient (Wildman–Crippen LogP) is 3.30. The molecular formula is C25H34ClF3N8. The summed E-state index contributed by atoms with van der Waals surface area (Å²) in [5.41, 5.74) is 1.21. The maximum Gasteiger partial charge on any atom is 0.434 e. The van der Waals surface area contributed by atoms with E-state index in [-0.39, 0.29) is 30.1 Å². The summed E-state index contributed by atoms with van der Waals surface area (Å²) in [6, 6.07) is 3.81. The van der Waals surface area contributed by atoms with Gasteiger partial charge >= 0.3 is 6.18 Å². The van der Waals surface area contributed by atoms with Crippen molar-refractivity contribution in [2.75, 3.05) is 55.6 Å². The molecule has 5 heterocycles. The van der Waals surface area contributed by atoms with Gasteiger partial charge in [-0.2, -0.15) is 23.5 Å². The van der Waals surface area contributed by atoms with Crippen LogP contribution < -0.4 is 15.1 Å². The van der Waals surface area contributed by atoms with Crippen LogP contribution in [0.25, 0.3) is 0 Å². The monoisotopic (exact) mass is 538 g/mol. The molecule has 0 radical (unpaired) electrons. The highest BCUT2D eigenvalue weighted by Gasteiger charge is 2.44. The second kappa shape index (κ2) is 10.7. The number of halogens is 4. The van der Waals surface area contributed by atoms with Gasteiger partial charge in [-0.3, -0.25) is 9.58 Å². The zero-order valence-corrected chi connectivity index (χ0v) is 22.2. The summed E-state index contributed by atoms with van der Waals surface area (Å²) in [4.78, 5) is 10.3. The SMILES string of the molecule is Cc1cnn(C)c1C1CCN(c2cc(N3C[C@H](N4CCNCC4)[C@@H]3C)c(C#N)c(C(F)(F)F)n2)CC1.Cl. The quantitative estimate of drug-likeness (QED) is 0.640. The third-order valence-electron chi connectivity index (χ3n) is 8.11. The number of anilines is 2. The van der Waals surface area contributed by atoms with Crippen LogP contribution >= 0.6 is 12.4 Å². The molecule has 0 spiro atoms. The second-order valence-electron chi connectivity index (χ2n) is 10.2. The highest BCUT2D eigenvalue weighted by atomic mass is 35.5. The van der Waals surface area contributed by atoms with Gasteiger partial charge in [0.1, 0.15) is 17.5 Å². The Morgan fingerprint density at radius 1 is 1.14 bits per heavy atom. The molecule has 3 aliphatic rings. The first kappa shape index (κ1) is 27.5. The summed E-state index contributed by atoms with van der Waals surface area (Å²) in [5, 5.41) is 17.4. The molecule has 0 amide bonds. The first-order valence-corrected chi connectivity index (χ1v) is 12.7. The predicted molar refractivity (Wildman–Crippen MR) is 138 cm³/mol. The van der Waals surface area contributed by atoms with E-state index >= 15 is 0 Å². The van der Waals surface area contributed by atoms with E-state index in [1.165, 1.54) is 5.69 Å². The van der Waals surface area contributed by atoms with Gasteiger partial charge in [0.05, 0.1) is 11.9 Å². The van der Waals surface area contributed by atoms with Crippen molar-refractivity contribution in [3.8, 4) is 6.07 Å². The fraction of sp³-hybridized carbons (Fsp3) is 0.640. The van der Waals surface area contributed by atoms with Gasteiger partial charge < -0.3 is 15.1 Å². The molecule has 0 saturated carbocycles. The van der Waals surface area contributed by atoms with Gasteiger partial charge in [-0.15, -0.1) is 12.4 Å². The van der Waals surface area contributed by atoms with E-state index in [0.29, 0.717) is 37.1 Å². The molecule has 8 nitrogen and oxygen atoms in total. The Bertz CT molecular complexity index is 1130. The number of piperazine rings is 1. The van der Waals surface area contributed by atoms with E-state index in [1.54, 1.807) is 6.07 Å². The van der Waals surface area contributed by atoms with Crippen LogP contribution in [0.5, 0.6) is 0 Å². The fourth-order valence-corrected chi connectivity index (χ4v) is 6.09. The molecule has 0 aromatic carbocycles. The first-order chi connectivity index (χ1) is 17.2. The minimum absolute atomic E-state index is 0. The van der Waals surface area contributed by atoms with Crippen molar-refractivity contribution in [1.29, 1.82) is 5.26 Å². The van der Waals surface area contributed by atoms with Gasteiger partial charge in [0.2, 0.25) is 0 Å². The van der Waals surface area contributed by atoms with Crippen molar-refractivity contribution in [3.63, 3.8) is 0 Å². The molecule has 37 heavy (non-hydrogen) atoms. The third kappa shape index (κ3) is 5.11. The number of piperidine rings is 1. The van der Waals surface area contributed by atoms with Crippen LogP contribution in [0.2, 0.25) is 0 Å². The number of aryl methyl sites for hydroxylation is 2. The van der Waals surface area contributed by atoms with Gasteiger partial charge in [0, 0.05) is 82.6 Å². The summed E-state index contributed by atoms with van der Waals surface area (Å²) >= 11 is 0. The van der Waals surface area contributed by atoms with E-state index in [2.05, 4.69) is 20.3 Å². The number of alkyl halides is 3. The van der Waals surface area contributed by atoms with Gasteiger partial charge in [0.15, 0.2) is 5.69 Å². The maximum atomic E-state index is 14.1. The minimum atomic E-state index is -4.70. The standard InChI is InChI=1S/C25H33F3N8.ClH/c1-16-14-31-33(3)23(16)18-4-8-35(9-5-18)22-12-20(19(13-29)24(32-22)25(26,27)28)36-15-21(17(36)2)34-10-6-30-7-11-34;/h12,14,17-18,21,30H,4-11,15H2,1-3H3;1H/t17-,21-;/m0./s1. The van der Waals surface area contributed by atoms with Crippen LogP contribution in [-0.4, -0.2) is 77.6 Å². The lowest BCUT2D eigenvalue weighted by atomic mass is 9.91. The summed E-state index contributed by atoms with van der Waals surface area (Å²) in [7, 11) is 1.93. The summed E-state index contributed by atoms with van der Waals surface area (Å²) in [6.07, 6.45) is -1.23. The average Bonchev–Trinajstić information content (AvgIpc) is 3.20. The Morgan fingerprint density at radius 3 is 2.35 bits per heavy atom. The number of rotatable bonds is 4. The third-order valence-corrected chi connectivity index (χ3v) is 8.11. The Kier molecular flexibility index (Phi) is 7.93. The molecule has 1 N–H and O–H groups in total. The van der Waals surface area contributed by atoms with E-state index in [4.69, 9.17) is 0 Å². The van der Waals surface area contributed by atoms with Crippen molar-refractivity contribution in [2.45, 2.75) is 50.9 Å². The van der Waals surface area contributed by atoms with E-state index < -0.39 is 11.9 Å². The molecule has 2 aromatic rings. The summed E-state index contributed by atoms with van der Waals surface area (Å²) < 4.78 is 44.1. The molecule has 0 aliphatic carbocycles. The van der Waals surface area contributed by atoms with Crippen molar-refractivity contribution in [1.82, 2.24) is 25.0 Å². The van der Waals surface area contributed by atoms with Crippen LogP contribution in [0, 0.1) is 18.3 Å². The van der Waals surface area contributed by atoms with Crippen LogP contribution in [0.4, 0.5) is 24.7 Å². The van der Waals surface area contributed by atoms with Gasteiger partial charge in [-0.25, -0.2) is 4.98 Å². The molecule has 2 aromatic heterocycles. The van der Waals surface area contributed by atoms with E-state index in [9.17, 15) is 18.4 Å². The highest BCUT2D eigenvalue weighted by molar-refractivity contribution is 5.85. The Morgan fingerprint density at radius 2 is 1.81 bits per heavy atom. The molecule has 0 unspecified atom stereocenters. The van der Waals surface area contributed by atoms with Gasteiger partial charge in [0.25, 0.3) is 0 Å². The Hall–Kier alpha value is -2.55. The normalized spacial score (nSPS) is 23.4. The van der Waals surface area contributed by atoms with Crippen LogP contribution in [-0.2, 0) is 13.2 Å². The molecular weight excluding hydrogens is 505 g/mol. The molecule has 3 aliphatic heterocycles. The maximum absolute atomic E-state index is 14.1. The van der Waals surface area contributed by atoms with Gasteiger partial charge in [-0.1, -0.05) is 0 Å². The second-order valence-corrected chi connectivity index (χ2v) is 10.2. The number of pyridine rings is 1. The van der Waals surface area contributed by atoms with Gasteiger partial charge in [-0.05, 0) is 32.3 Å². The fourth-order valence-electron chi connectivity index (χ4n) is 6.09. The summed E-state index contributed by atoms with van der Waals surface area (Å²) in [5.74, 6) is 0.609. The molecule has 3 fully saturated rings. The van der Waals surface area contributed by atoms with E-state index in [1.807, 2.05) is 47.6 Å². The Balaban J connectivity index is 0.00000320. The zero-order valence-electron chi connectivity index (χ0n) is 21.4. The van der Waals surface area contributed by atoms with Crippen LogP contribution in [0.1, 0.15) is 48.2 Å². The molecule has 3 saturated heterocycles. The van der Waals surface area contributed by atoms with Crippen molar-refractivity contribution < 1.29 is 13.2 Å². The highest BCUT2D eigenvalue weighted by Crippen LogP contribution is 2.41. The largest absolute Gasteiger partial charge is 0.434 e. The lowest BCUT2D eigenvalue weighted by molar-refractivity contribution is -0.141. The average molecular weight is 539 g/mol. The molecule has 5 rings (SSSR count). The summed E-state index contributed by atoms with van der Waals surface area (Å²) in [6.45, 7) is 9.57. The number of nitrogens with zero attached hydrogens (tertiary/aromatic N) is 7. The van der Waals surface area contributed by atoms with Crippen molar-refractivity contribution in [3.05, 3.63) is 34.8 Å².